The highest BCUT2D eigenvalue weighted by atomic mass is 79.9. The zero-order chi connectivity index (χ0) is 11.7. The molecule has 1 heterocycles. The standard InChI is InChI=1S/C12H14BrN3/c1-8-12(16(2)11(7-14)15-8)9-5-3-4-6-10(9)13/h3-6H,7,14H2,1-2H3. The van der Waals surface area contributed by atoms with Gasteiger partial charge < -0.3 is 10.3 Å². The number of aromatic nitrogens is 2. The summed E-state index contributed by atoms with van der Waals surface area (Å²) in [7, 11) is 2.00. The maximum absolute atomic E-state index is 5.65. The fourth-order valence-electron chi connectivity index (χ4n) is 1.90. The average Bonchev–Trinajstić information content (AvgIpc) is 2.55. The predicted molar refractivity (Wildman–Crippen MR) is 69.0 cm³/mol. The highest BCUT2D eigenvalue weighted by Crippen LogP contribution is 2.30. The molecule has 0 aliphatic heterocycles. The molecule has 3 nitrogen and oxygen atoms in total. The molecule has 0 bridgehead atoms. The highest BCUT2D eigenvalue weighted by molar-refractivity contribution is 9.10. The monoisotopic (exact) mass is 279 g/mol. The summed E-state index contributed by atoms with van der Waals surface area (Å²) in [5, 5.41) is 0. The fourth-order valence-corrected chi connectivity index (χ4v) is 2.38. The molecule has 4 heteroatoms. The minimum Gasteiger partial charge on any atom is -0.330 e. The summed E-state index contributed by atoms with van der Waals surface area (Å²) in [5.74, 6) is 0.906. The molecule has 0 radical (unpaired) electrons. The SMILES string of the molecule is Cc1nc(CN)n(C)c1-c1ccccc1Br. The Morgan fingerprint density at radius 2 is 2.06 bits per heavy atom. The van der Waals surface area contributed by atoms with E-state index in [9.17, 15) is 0 Å². The summed E-state index contributed by atoms with van der Waals surface area (Å²) in [5.41, 5.74) is 8.93. The van der Waals surface area contributed by atoms with Crippen LogP contribution in [0.25, 0.3) is 11.3 Å². The Labute approximate surface area is 103 Å². The number of nitrogens with zero attached hydrogens (tertiary/aromatic N) is 2. The van der Waals surface area contributed by atoms with Crippen molar-refractivity contribution < 1.29 is 0 Å². The fraction of sp³-hybridized carbons (Fsp3) is 0.250. The van der Waals surface area contributed by atoms with Gasteiger partial charge in [0.15, 0.2) is 0 Å². The quantitative estimate of drug-likeness (QED) is 0.919. The second kappa shape index (κ2) is 4.39. The lowest BCUT2D eigenvalue weighted by molar-refractivity contribution is 0.798. The van der Waals surface area contributed by atoms with Gasteiger partial charge in [0.2, 0.25) is 0 Å². The summed E-state index contributed by atoms with van der Waals surface area (Å²) in [6.07, 6.45) is 0. The van der Waals surface area contributed by atoms with E-state index in [1.807, 2.05) is 32.2 Å². The van der Waals surface area contributed by atoms with Crippen molar-refractivity contribution in [3.05, 3.63) is 40.3 Å². The van der Waals surface area contributed by atoms with E-state index in [-0.39, 0.29) is 0 Å². The van der Waals surface area contributed by atoms with Gasteiger partial charge in [0.05, 0.1) is 17.9 Å². The molecular formula is C12H14BrN3. The Morgan fingerprint density at radius 3 is 2.62 bits per heavy atom. The summed E-state index contributed by atoms with van der Waals surface area (Å²) < 4.78 is 3.12. The molecule has 0 aliphatic rings. The summed E-state index contributed by atoms with van der Waals surface area (Å²) in [6.45, 7) is 2.47. The third-order valence-corrected chi connectivity index (χ3v) is 3.37. The van der Waals surface area contributed by atoms with E-state index in [0.29, 0.717) is 6.54 Å². The van der Waals surface area contributed by atoms with Crippen molar-refractivity contribution >= 4 is 15.9 Å². The van der Waals surface area contributed by atoms with Gasteiger partial charge in [0, 0.05) is 17.1 Å². The van der Waals surface area contributed by atoms with Gasteiger partial charge in [-0.3, -0.25) is 0 Å². The van der Waals surface area contributed by atoms with Gasteiger partial charge in [-0.05, 0) is 13.0 Å². The molecule has 0 aliphatic carbocycles. The number of halogens is 1. The molecule has 1 aromatic carbocycles. The summed E-state index contributed by atoms with van der Waals surface area (Å²) in [4.78, 5) is 4.46. The Hall–Kier alpha value is -1.13. The van der Waals surface area contributed by atoms with Crippen molar-refractivity contribution in [3.63, 3.8) is 0 Å². The van der Waals surface area contributed by atoms with Crippen molar-refractivity contribution in [3.8, 4) is 11.3 Å². The van der Waals surface area contributed by atoms with E-state index in [1.54, 1.807) is 0 Å². The van der Waals surface area contributed by atoms with Crippen molar-refractivity contribution in [2.24, 2.45) is 12.8 Å². The van der Waals surface area contributed by atoms with Crippen LogP contribution in [0.5, 0.6) is 0 Å². The lowest BCUT2D eigenvalue weighted by atomic mass is 10.1. The Morgan fingerprint density at radius 1 is 1.38 bits per heavy atom. The normalized spacial score (nSPS) is 10.8. The molecule has 84 valence electrons. The number of benzene rings is 1. The molecule has 0 saturated heterocycles. The number of aryl methyl sites for hydroxylation is 1. The maximum Gasteiger partial charge on any atom is 0.122 e. The van der Waals surface area contributed by atoms with Crippen LogP contribution in [-0.4, -0.2) is 9.55 Å². The molecule has 0 spiro atoms. The highest BCUT2D eigenvalue weighted by Gasteiger charge is 2.13. The Kier molecular flexibility index (Phi) is 3.12. The molecule has 1 aromatic heterocycles. The van der Waals surface area contributed by atoms with Crippen LogP contribution in [0.4, 0.5) is 0 Å². The van der Waals surface area contributed by atoms with Gasteiger partial charge in [-0.2, -0.15) is 0 Å². The van der Waals surface area contributed by atoms with Gasteiger partial charge in [-0.1, -0.05) is 34.1 Å². The van der Waals surface area contributed by atoms with Crippen LogP contribution >= 0.6 is 15.9 Å². The molecule has 0 amide bonds. The number of nitrogens with two attached hydrogens (primary N) is 1. The number of rotatable bonds is 2. The van der Waals surface area contributed by atoms with Crippen LogP contribution in [0.3, 0.4) is 0 Å². The number of hydrogen-bond acceptors (Lipinski definition) is 2. The first-order valence-electron chi connectivity index (χ1n) is 5.12. The average molecular weight is 280 g/mol. The minimum atomic E-state index is 0.460. The predicted octanol–water partition coefficient (Wildman–Crippen LogP) is 2.62. The van der Waals surface area contributed by atoms with Crippen molar-refractivity contribution in [1.29, 1.82) is 0 Å². The van der Waals surface area contributed by atoms with Gasteiger partial charge in [0.25, 0.3) is 0 Å². The maximum atomic E-state index is 5.65. The van der Waals surface area contributed by atoms with Crippen LogP contribution in [0, 0.1) is 6.92 Å². The zero-order valence-corrected chi connectivity index (χ0v) is 11.0. The Bertz CT molecular complexity index is 517. The van der Waals surface area contributed by atoms with Crippen LogP contribution in [0.15, 0.2) is 28.7 Å². The molecular weight excluding hydrogens is 266 g/mol. The molecule has 16 heavy (non-hydrogen) atoms. The number of hydrogen-bond donors (Lipinski definition) is 1. The first-order chi connectivity index (χ1) is 7.65. The van der Waals surface area contributed by atoms with E-state index in [4.69, 9.17) is 5.73 Å². The smallest absolute Gasteiger partial charge is 0.122 e. The summed E-state index contributed by atoms with van der Waals surface area (Å²) >= 11 is 3.56. The van der Waals surface area contributed by atoms with Gasteiger partial charge in [0.1, 0.15) is 5.82 Å². The molecule has 0 unspecified atom stereocenters. The first kappa shape index (κ1) is 11.4. The van der Waals surface area contributed by atoms with E-state index in [0.717, 1.165) is 27.2 Å². The lowest BCUT2D eigenvalue weighted by Crippen LogP contribution is -2.05. The molecule has 2 N–H and O–H groups in total. The largest absolute Gasteiger partial charge is 0.330 e. The minimum absolute atomic E-state index is 0.460. The number of imidazole rings is 1. The van der Waals surface area contributed by atoms with Gasteiger partial charge in [-0.25, -0.2) is 4.98 Å². The molecule has 0 saturated carbocycles. The first-order valence-corrected chi connectivity index (χ1v) is 5.91. The van der Waals surface area contributed by atoms with E-state index in [2.05, 4.69) is 31.5 Å². The Balaban J connectivity index is 2.65. The molecule has 0 atom stereocenters. The van der Waals surface area contributed by atoms with Crippen LogP contribution in [-0.2, 0) is 13.6 Å². The van der Waals surface area contributed by atoms with Crippen molar-refractivity contribution in [1.82, 2.24) is 9.55 Å². The van der Waals surface area contributed by atoms with Crippen molar-refractivity contribution in [2.45, 2.75) is 13.5 Å². The van der Waals surface area contributed by atoms with E-state index >= 15 is 0 Å². The topological polar surface area (TPSA) is 43.8 Å². The van der Waals surface area contributed by atoms with E-state index < -0.39 is 0 Å². The van der Waals surface area contributed by atoms with Crippen LogP contribution in [0.2, 0.25) is 0 Å². The molecule has 0 fully saturated rings. The van der Waals surface area contributed by atoms with Gasteiger partial charge >= 0.3 is 0 Å². The molecule has 2 aromatic rings. The second-order valence-corrected chi connectivity index (χ2v) is 4.56. The van der Waals surface area contributed by atoms with Crippen LogP contribution < -0.4 is 5.73 Å². The third kappa shape index (κ3) is 1.79. The lowest BCUT2D eigenvalue weighted by Gasteiger charge is -2.07. The third-order valence-electron chi connectivity index (χ3n) is 2.67. The summed E-state index contributed by atoms with van der Waals surface area (Å²) in [6, 6.07) is 8.13. The molecule has 2 rings (SSSR count). The second-order valence-electron chi connectivity index (χ2n) is 3.71. The van der Waals surface area contributed by atoms with Gasteiger partial charge in [-0.15, -0.1) is 0 Å². The van der Waals surface area contributed by atoms with Crippen LogP contribution in [0.1, 0.15) is 11.5 Å². The van der Waals surface area contributed by atoms with E-state index in [1.165, 1.54) is 0 Å². The zero-order valence-electron chi connectivity index (χ0n) is 9.37. The van der Waals surface area contributed by atoms with Crippen molar-refractivity contribution in [2.75, 3.05) is 0 Å².